The van der Waals surface area contributed by atoms with Crippen LogP contribution in [0, 0.1) is 5.92 Å². The van der Waals surface area contributed by atoms with E-state index < -0.39 is 17.8 Å². The molecule has 0 bridgehead atoms. The second-order valence-corrected chi connectivity index (χ2v) is 10.9. The van der Waals surface area contributed by atoms with Gasteiger partial charge in [-0.15, -0.1) is 0 Å². The van der Waals surface area contributed by atoms with Gasteiger partial charge in [0.2, 0.25) is 5.91 Å². The van der Waals surface area contributed by atoms with Gasteiger partial charge >= 0.3 is 5.97 Å². The Morgan fingerprint density at radius 3 is 2.59 bits per heavy atom. The second-order valence-electron chi connectivity index (χ2n) is 10.9. The van der Waals surface area contributed by atoms with Crippen molar-refractivity contribution >= 4 is 11.9 Å². The summed E-state index contributed by atoms with van der Waals surface area (Å²) in [6.45, 7) is 12.0. The number of rotatable bonds is 10. The summed E-state index contributed by atoms with van der Waals surface area (Å²) in [4.78, 5) is 23.3. The standard InChI is InChI=1S/C29H45NO7/c1-7-8-23-16-29(17-34-29)28(33)26(37-23)13-10-18(2)9-12-25-19(3)15-24(21(5)36-25)30-27(32)14-11-20(4)35-22(6)31/h9-11,13-14,19-21,23-26,28,33H,7-8,12,15-17H2,1-6H3,(H,30,32)/b13-10+,14-11-,18-9+/t19-,20-,21+,23-,24+,25-,26?,28+,29+/m0/s1. The highest BCUT2D eigenvalue weighted by Crippen LogP contribution is 2.43. The predicted molar refractivity (Wildman–Crippen MR) is 141 cm³/mol. The maximum Gasteiger partial charge on any atom is 0.303 e. The fourth-order valence-corrected chi connectivity index (χ4v) is 5.26. The molecule has 0 saturated carbocycles. The van der Waals surface area contributed by atoms with Gasteiger partial charge in [0, 0.05) is 19.4 Å². The zero-order chi connectivity index (χ0) is 27.2. The van der Waals surface area contributed by atoms with Gasteiger partial charge < -0.3 is 29.4 Å². The SMILES string of the molecule is CCC[C@H]1C[C@@]2(CO2)[C@H](O)C(/C=C/C(C)=C/C[C@@H]2O[C@H](C)[C@H](NC(=O)/C=C\[C@H](C)OC(C)=O)C[C@@H]2C)O1. The Hall–Kier alpha value is -2.00. The largest absolute Gasteiger partial charge is 0.459 e. The summed E-state index contributed by atoms with van der Waals surface area (Å²) in [7, 11) is 0. The van der Waals surface area contributed by atoms with Crippen molar-refractivity contribution in [3.8, 4) is 0 Å². The van der Waals surface area contributed by atoms with Gasteiger partial charge in [0.05, 0.1) is 31.0 Å². The molecule has 2 N–H and O–H groups in total. The van der Waals surface area contributed by atoms with Gasteiger partial charge in [0.15, 0.2) is 0 Å². The lowest BCUT2D eigenvalue weighted by Gasteiger charge is -2.39. The van der Waals surface area contributed by atoms with Crippen molar-refractivity contribution < 1.29 is 33.6 Å². The molecule has 37 heavy (non-hydrogen) atoms. The van der Waals surface area contributed by atoms with Gasteiger partial charge in [0.1, 0.15) is 23.9 Å². The van der Waals surface area contributed by atoms with E-state index in [2.05, 4.69) is 25.2 Å². The first kappa shape index (κ1) is 29.6. The third-order valence-electron chi connectivity index (χ3n) is 7.53. The lowest BCUT2D eigenvalue weighted by atomic mass is 9.87. The van der Waals surface area contributed by atoms with Gasteiger partial charge in [-0.05, 0) is 52.0 Å². The maximum absolute atomic E-state index is 12.3. The molecule has 3 rings (SSSR count). The number of aliphatic hydroxyl groups excluding tert-OH is 1. The van der Waals surface area contributed by atoms with Crippen LogP contribution in [0.1, 0.15) is 73.6 Å². The van der Waals surface area contributed by atoms with Crippen LogP contribution in [0.5, 0.6) is 0 Å². The molecule has 3 heterocycles. The first-order valence-corrected chi connectivity index (χ1v) is 13.7. The molecule has 8 nitrogen and oxygen atoms in total. The van der Waals surface area contributed by atoms with E-state index in [0.29, 0.717) is 6.61 Å². The Bertz CT molecular complexity index is 877. The van der Waals surface area contributed by atoms with E-state index in [4.69, 9.17) is 18.9 Å². The summed E-state index contributed by atoms with van der Waals surface area (Å²) in [5.74, 6) is -0.338. The van der Waals surface area contributed by atoms with Crippen molar-refractivity contribution in [1.82, 2.24) is 5.32 Å². The Balaban J connectivity index is 1.48. The molecule has 1 unspecified atom stereocenters. The molecule has 3 aliphatic heterocycles. The van der Waals surface area contributed by atoms with Gasteiger partial charge in [-0.3, -0.25) is 9.59 Å². The van der Waals surface area contributed by atoms with Crippen LogP contribution in [0.2, 0.25) is 0 Å². The quantitative estimate of drug-likeness (QED) is 0.196. The summed E-state index contributed by atoms with van der Waals surface area (Å²) >= 11 is 0. The van der Waals surface area contributed by atoms with E-state index in [9.17, 15) is 14.7 Å². The number of allylic oxidation sites excluding steroid dienone is 2. The molecule has 1 spiro atoms. The van der Waals surface area contributed by atoms with Crippen molar-refractivity contribution in [3.05, 3.63) is 36.0 Å². The van der Waals surface area contributed by atoms with Crippen molar-refractivity contribution in [2.24, 2.45) is 5.92 Å². The van der Waals surface area contributed by atoms with Gasteiger partial charge in [-0.25, -0.2) is 0 Å². The Kier molecular flexibility index (Phi) is 10.5. The lowest BCUT2D eigenvalue weighted by molar-refractivity contribution is -0.143. The molecule has 3 aliphatic rings. The predicted octanol–water partition coefficient (Wildman–Crippen LogP) is 3.77. The smallest absolute Gasteiger partial charge is 0.303 e. The number of carbonyl (C=O) groups is 2. The number of hydrogen-bond donors (Lipinski definition) is 2. The van der Waals surface area contributed by atoms with Crippen LogP contribution in [-0.2, 0) is 28.5 Å². The lowest BCUT2D eigenvalue weighted by Crippen LogP contribution is -2.50. The monoisotopic (exact) mass is 519 g/mol. The Morgan fingerprint density at radius 1 is 1.22 bits per heavy atom. The molecule has 208 valence electrons. The fraction of sp³-hybridized carbons (Fsp3) is 0.724. The minimum atomic E-state index is -0.640. The van der Waals surface area contributed by atoms with Crippen LogP contribution in [0.3, 0.4) is 0 Å². The fourth-order valence-electron chi connectivity index (χ4n) is 5.26. The second kappa shape index (κ2) is 13.2. The van der Waals surface area contributed by atoms with Gasteiger partial charge in [-0.1, -0.05) is 44.1 Å². The molecule has 9 atom stereocenters. The normalized spacial score (nSPS) is 37.2. The average Bonchev–Trinajstić information content (AvgIpc) is 3.60. The number of amides is 1. The summed E-state index contributed by atoms with van der Waals surface area (Å²) in [5, 5.41) is 13.8. The molecule has 0 radical (unpaired) electrons. The summed E-state index contributed by atoms with van der Waals surface area (Å²) < 4.78 is 23.1. The molecule has 8 heteroatoms. The number of nitrogens with one attached hydrogen (secondary N) is 1. The number of ether oxygens (including phenoxy) is 4. The van der Waals surface area contributed by atoms with E-state index in [1.165, 1.54) is 13.0 Å². The van der Waals surface area contributed by atoms with E-state index >= 15 is 0 Å². The number of esters is 1. The first-order valence-electron chi connectivity index (χ1n) is 13.7. The first-order chi connectivity index (χ1) is 17.5. The molecular weight excluding hydrogens is 474 g/mol. The van der Waals surface area contributed by atoms with Crippen molar-refractivity contribution in [3.63, 3.8) is 0 Å². The number of hydrogen-bond acceptors (Lipinski definition) is 7. The van der Waals surface area contributed by atoms with Crippen LogP contribution < -0.4 is 5.32 Å². The van der Waals surface area contributed by atoms with Crippen LogP contribution in [0.25, 0.3) is 0 Å². The highest BCUT2D eigenvalue weighted by molar-refractivity contribution is 5.87. The minimum Gasteiger partial charge on any atom is -0.459 e. The maximum atomic E-state index is 12.3. The third-order valence-corrected chi connectivity index (χ3v) is 7.53. The van der Waals surface area contributed by atoms with E-state index in [-0.39, 0.29) is 48.3 Å². The van der Waals surface area contributed by atoms with E-state index in [1.54, 1.807) is 13.0 Å². The summed E-state index contributed by atoms with van der Waals surface area (Å²) in [6.07, 6.45) is 12.1. The average molecular weight is 520 g/mol. The van der Waals surface area contributed by atoms with Crippen LogP contribution in [0.15, 0.2) is 36.0 Å². The van der Waals surface area contributed by atoms with Crippen molar-refractivity contribution in [2.75, 3.05) is 6.61 Å². The zero-order valence-corrected chi connectivity index (χ0v) is 23.1. The number of epoxide rings is 1. The van der Waals surface area contributed by atoms with Crippen LogP contribution in [-0.4, -0.2) is 71.9 Å². The van der Waals surface area contributed by atoms with Crippen LogP contribution in [0.4, 0.5) is 0 Å². The molecule has 0 aromatic carbocycles. The molecule has 0 aromatic heterocycles. The van der Waals surface area contributed by atoms with Crippen molar-refractivity contribution in [2.45, 2.75) is 122 Å². The number of carbonyl (C=O) groups excluding carboxylic acids is 2. The molecule has 3 fully saturated rings. The molecule has 3 saturated heterocycles. The Morgan fingerprint density at radius 2 is 1.95 bits per heavy atom. The van der Waals surface area contributed by atoms with E-state index in [1.807, 2.05) is 26.0 Å². The highest BCUT2D eigenvalue weighted by atomic mass is 16.6. The zero-order valence-electron chi connectivity index (χ0n) is 23.1. The van der Waals surface area contributed by atoms with Gasteiger partial charge in [0.25, 0.3) is 0 Å². The summed E-state index contributed by atoms with van der Waals surface area (Å²) in [6, 6.07) is -0.0876. The van der Waals surface area contributed by atoms with Crippen LogP contribution >= 0.6 is 0 Å². The van der Waals surface area contributed by atoms with E-state index in [0.717, 1.165) is 37.7 Å². The molecule has 0 aliphatic carbocycles. The van der Waals surface area contributed by atoms with Crippen molar-refractivity contribution in [1.29, 1.82) is 0 Å². The highest BCUT2D eigenvalue weighted by Gasteiger charge is 2.58. The molecule has 0 aromatic rings. The third kappa shape index (κ3) is 8.50. The summed E-state index contributed by atoms with van der Waals surface area (Å²) in [5.41, 5.74) is 0.666. The Labute approximate surface area is 221 Å². The molecule has 1 amide bonds. The topological polar surface area (TPSA) is 107 Å². The van der Waals surface area contributed by atoms with Gasteiger partial charge in [-0.2, -0.15) is 0 Å². The number of aliphatic hydroxyl groups is 1. The molecular formula is C29H45NO7. The minimum absolute atomic E-state index is 0.0552.